The molecule has 0 radical (unpaired) electrons. The number of aromatic nitrogens is 1. The van der Waals surface area contributed by atoms with Crippen molar-refractivity contribution in [3.63, 3.8) is 0 Å². The third kappa shape index (κ3) is 4.05. The van der Waals surface area contributed by atoms with Gasteiger partial charge in [-0.05, 0) is 48.9 Å². The highest BCUT2D eigenvalue weighted by molar-refractivity contribution is 8.18. The van der Waals surface area contributed by atoms with Gasteiger partial charge in [0.1, 0.15) is 0 Å². The van der Waals surface area contributed by atoms with E-state index in [1.165, 1.54) is 31.0 Å². The summed E-state index contributed by atoms with van der Waals surface area (Å²) in [6, 6.07) is 18.5. The average Bonchev–Trinajstić information content (AvgIpc) is 3.33. The van der Waals surface area contributed by atoms with Crippen molar-refractivity contribution in [1.29, 1.82) is 0 Å². The van der Waals surface area contributed by atoms with Crippen LogP contribution in [0.3, 0.4) is 0 Å². The number of benzene rings is 2. The van der Waals surface area contributed by atoms with Crippen LogP contribution in [0.2, 0.25) is 0 Å². The molecule has 5 rings (SSSR count). The van der Waals surface area contributed by atoms with Gasteiger partial charge in [-0.2, -0.15) is 0 Å². The normalized spacial score (nSPS) is 20.0. The zero-order chi connectivity index (χ0) is 21.9. The lowest BCUT2D eigenvalue weighted by Crippen LogP contribution is -2.40. The molecule has 1 amide bonds. The van der Waals surface area contributed by atoms with Crippen molar-refractivity contribution in [2.45, 2.75) is 44.7 Å². The van der Waals surface area contributed by atoms with Crippen molar-refractivity contribution < 1.29 is 4.79 Å². The largest absolute Gasteiger partial charge is 0.343 e. The van der Waals surface area contributed by atoms with E-state index >= 15 is 0 Å². The van der Waals surface area contributed by atoms with E-state index < -0.39 is 0 Å². The van der Waals surface area contributed by atoms with Crippen molar-refractivity contribution in [3.8, 4) is 0 Å². The van der Waals surface area contributed by atoms with Gasteiger partial charge in [-0.25, -0.2) is 4.99 Å². The minimum absolute atomic E-state index is 0.0807. The standard InChI is InChI=1S/C27H27N3OS/c1-2-17-29-19-20(23-15-9-10-16-24(23)29)18-25-26(31)30(22-13-7-4-8-14-22)27(32-25)28-21-11-5-3-6-12-21/h2-3,5-6,9-12,15-16,18-19,22H,1,4,7-8,13-14,17H2. The van der Waals surface area contributed by atoms with Gasteiger partial charge in [0.25, 0.3) is 5.91 Å². The molecular formula is C27H27N3OS. The van der Waals surface area contributed by atoms with Crippen molar-refractivity contribution in [2.75, 3.05) is 0 Å². The number of aliphatic imine (C=N–C) groups is 1. The summed E-state index contributed by atoms with van der Waals surface area (Å²) in [4.78, 5) is 21.2. The second-order valence-corrected chi connectivity index (χ2v) is 9.36. The molecule has 0 atom stereocenters. The maximum absolute atomic E-state index is 13.6. The minimum atomic E-state index is 0.0807. The second kappa shape index (κ2) is 9.21. The van der Waals surface area contributed by atoms with E-state index in [2.05, 4.69) is 29.5 Å². The predicted octanol–water partition coefficient (Wildman–Crippen LogP) is 6.76. The zero-order valence-corrected chi connectivity index (χ0v) is 18.9. The van der Waals surface area contributed by atoms with Crippen LogP contribution in [-0.4, -0.2) is 26.6 Å². The first kappa shape index (κ1) is 20.8. The lowest BCUT2D eigenvalue weighted by Gasteiger charge is -2.30. The molecule has 2 aromatic carbocycles. The quantitative estimate of drug-likeness (QED) is 0.324. The molecule has 1 saturated carbocycles. The summed E-state index contributed by atoms with van der Waals surface area (Å²) in [6.45, 7) is 4.62. The van der Waals surface area contributed by atoms with Crippen LogP contribution in [0.25, 0.3) is 17.0 Å². The highest BCUT2D eigenvalue weighted by Crippen LogP contribution is 2.39. The van der Waals surface area contributed by atoms with Crippen LogP contribution < -0.4 is 0 Å². The molecule has 0 spiro atoms. The summed E-state index contributed by atoms with van der Waals surface area (Å²) >= 11 is 1.50. The summed E-state index contributed by atoms with van der Waals surface area (Å²) in [6.07, 6.45) is 11.7. The number of fused-ring (bicyclic) bond motifs is 1. The number of hydrogen-bond acceptors (Lipinski definition) is 3. The van der Waals surface area contributed by atoms with Crippen LogP contribution >= 0.6 is 11.8 Å². The van der Waals surface area contributed by atoms with Gasteiger partial charge in [-0.3, -0.25) is 9.69 Å². The van der Waals surface area contributed by atoms with Crippen molar-refractivity contribution >= 4 is 45.5 Å². The Kier molecular flexibility index (Phi) is 5.99. The topological polar surface area (TPSA) is 37.6 Å². The van der Waals surface area contributed by atoms with Gasteiger partial charge in [-0.1, -0.05) is 61.7 Å². The molecule has 0 unspecified atom stereocenters. The van der Waals surface area contributed by atoms with E-state index in [4.69, 9.17) is 4.99 Å². The lowest BCUT2D eigenvalue weighted by molar-refractivity contribution is -0.124. The fourth-order valence-corrected chi connectivity index (χ4v) is 5.71. The van der Waals surface area contributed by atoms with Gasteiger partial charge in [0.15, 0.2) is 5.17 Å². The Morgan fingerprint density at radius 1 is 1.03 bits per heavy atom. The maximum atomic E-state index is 13.6. The first-order chi connectivity index (χ1) is 15.7. The molecule has 1 aliphatic heterocycles. The SMILES string of the molecule is C=CCn1cc(C=C2SC(=Nc3ccccc3)N(C3CCCCC3)C2=O)c2ccccc21. The van der Waals surface area contributed by atoms with E-state index in [9.17, 15) is 4.79 Å². The first-order valence-corrected chi connectivity index (χ1v) is 12.1. The molecule has 0 N–H and O–H groups in total. The van der Waals surface area contributed by atoms with Crippen LogP contribution in [0.5, 0.6) is 0 Å². The highest BCUT2D eigenvalue weighted by Gasteiger charge is 2.38. The molecule has 0 bridgehead atoms. The third-order valence-corrected chi connectivity index (χ3v) is 7.17. The number of nitrogens with zero attached hydrogens (tertiary/aromatic N) is 3. The zero-order valence-electron chi connectivity index (χ0n) is 18.1. The van der Waals surface area contributed by atoms with Gasteiger partial charge in [0.05, 0.1) is 10.6 Å². The van der Waals surface area contributed by atoms with Crippen LogP contribution in [0, 0.1) is 0 Å². The van der Waals surface area contributed by atoms with Crippen LogP contribution in [0.4, 0.5) is 5.69 Å². The summed E-state index contributed by atoms with van der Waals surface area (Å²) in [5, 5.41) is 1.95. The van der Waals surface area contributed by atoms with Crippen LogP contribution in [0.15, 0.2) is 83.3 Å². The number of para-hydroxylation sites is 2. The summed E-state index contributed by atoms with van der Waals surface area (Å²) in [5.74, 6) is 0.0807. The van der Waals surface area contributed by atoms with Gasteiger partial charge < -0.3 is 4.57 Å². The Labute approximate surface area is 193 Å². The van der Waals surface area contributed by atoms with Gasteiger partial charge in [0.2, 0.25) is 0 Å². The number of amidine groups is 1. The molecule has 1 saturated heterocycles. The number of carbonyl (C=O) groups is 1. The van der Waals surface area contributed by atoms with Crippen LogP contribution in [0.1, 0.15) is 37.7 Å². The lowest BCUT2D eigenvalue weighted by atomic mass is 9.94. The number of thioether (sulfide) groups is 1. The summed E-state index contributed by atoms with van der Waals surface area (Å²) in [5.41, 5.74) is 3.09. The van der Waals surface area contributed by atoms with E-state index in [1.54, 1.807) is 0 Å². The second-order valence-electron chi connectivity index (χ2n) is 8.35. The first-order valence-electron chi connectivity index (χ1n) is 11.3. The Bertz CT molecular complexity index is 1200. The van der Waals surface area contributed by atoms with Crippen LogP contribution in [-0.2, 0) is 11.3 Å². The van der Waals surface area contributed by atoms with Crippen molar-refractivity contribution in [3.05, 3.63) is 83.9 Å². The molecule has 3 aromatic rings. The molecule has 2 fully saturated rings. The Hall–Kier alpha value is -3.05. The minimum Gasteiger partial charge on any atom is -0.343 e. The van der Waals surface area contributed by atoms with E-state index in [0.717, 1.165) is 51.6 Å². The van der Waals surface area contributed by atoms with E-state index in [1.807, 2.05) is 59.5 Å². The van der Waals surface area contributed by atoms with Crippen molar-refractivity contribution in [1.82, 2.24) is 9.47 Å². The molecule has 2 aliphatic rings. The molecule has 1 aromatic heterocycles. The fraction of sp³-hybridized carbons (Fsp3) is 0.259. The summed E-state index contributed by atoms with van der Waals surface area (Å²) < 4.78 is 2.18. The molecular weight excluding hydrogens is 414 g/mol. The molecule has 162 valence electrons. The summed E-state index contributed by atoms with van der Waals surface area (Å²) in [7, 11) is 0. The number of hydrogen-bond donors (Lipinski definition) is 0. The Morgan fingerprint density at radius 2 is 1.78 bits per heavy atom. The number of rotatable bonds is 5. The van der Waals surface area contributed by atoms with E-state index in [0.29, 0.717) is 0 Å². The number of carbonyl (C=O) groups excluding carboxylic acids is 1. The predicted molar refractivity (Wildman–Crippen MR) is 135 cm³/mol. The van der Waals surface area contributed by atoms with Gasteiger partial charge in [-0.15, -0.1) is 6.58 Å². The molecule has 1 aliphatic carbocycles. The smallest absolute Gasteiger partial charge is 0.267 e. The van der Waals surface area contributed by atoms with Gasteiger partial charge in [0, 0.05) is 35.2 Å². The number of allylic oxidation sites excluding steroid dienone is 1. The van der Waals surface area contributed by atoms with Crippen molar-refractivity contribution in [2.24, 2.45) is 4.99 Å². The monoisotopic (exact) mass is 441 g/mol. The number of amides is 1. The van der Waals surface area contributed by atoms with E-state index in [-0.39, 0.29) is 11.9 Å². The molecule has 4 nitrogen and oxygen atoms in total. The molecule has 5 heteroatoms. The highest BCUT2D eigenvalue weighted by atomic mass is 32.2. The maximum Gasteiger partial charge on any atom is 0.267 e. The Morgan fingerprint density at radius 3 is 2.56 bits per heavy atom. The third-order valence-electron chi connectivity index (χ3n) is 6.19. The molecule has 32 heavy (non-hydrogen) atoms. The average molecular weight is 442 g/mol. The molecule has 2 heterocycles. The van der Waals surface area contributed by atoms with Gasteiger partial charge >= 0.3 is 0 Å². The fourth-order valence-electron chi connectivity index (χ4n) is 4.66. The Balaban J connectivity index is 1.56.